The van der Waals surface area contributed by atoms with E-state index in [4.69, 9.17) is 0 Å². The fourth-order valence-electron chi connectivity index (χ4n) is 3.46. The molecule has 0 saturated carbocycles. The molecule has 1 N–H and O–H groups in total. The third-order valence-electron chi connectivity index (χ3n) is 4.85. The van der Waals surface area contributed by atoms with E-state index in [1.807, 2.05) is 0 Å². The zero-order valence-electron chi connectivity index (χ0n) is 12.5. The van der Waals surface area contributed by atoms with Crippen molar-refractivity contribution in [2.45, 2.75) is 64.6 Å². The number of rotatable bonds is 5. The fraction of sp³-hybridized carbons (Fsp3) is 1.00. The van der Waals surface area contributed by atoms with Gasteiger partial charge in [0.25, 0.3) is 0 Å². The molecule has 0 aromatic rings. The predicted octanol–water partition coefficient (Wildman–Crippen LogP) is 1.93. The lowest BCUT2D eigenvalue weighted by Crippen LogP contribution is -2.49. The van der Waals surface area contributed by atoms with Crippen LogP contribution in [0.15, 0.2) is 0 Å². The molecule has 106 valence electrons. The number of nitrogens with one attached hydrogen (secondary N) is 1. The van der Waals surface area contributed by atoms with Gasteiger partial charge in [0.05, 0.1) is 0 Å². The highest BCUT2D eigenvalue weighted by molar-refractivity contribution is 4.88. The van der Waals surface area contributed by atoms with Gasteiger partial charge in [-0.3, -0.25) is 9.80 Å². The maximum Gasteiger partial charge on any atom is 0.0223 e. The minimum Gasteiger partial charge on any atom is -0.313 e. The van der Waals surface area contributed by atoms with E-state index in [2.05, 4.69) is 35.9 Å². The second-order valence-electron chi connectivity index (χ2n) is 6.16. The molecular weight excluding hydrogens is 222 g/mol. The van der Waals surface area contributed by atoms with Crippen molar-refractivity contribution in [2.24, 2.45) is 0 Å². The van der Waals surface area contributed by atoms with E-state index in [9.17, 15) is 0 Å². The fourth-order valence-corrected chi connectivity index (χ4v) is 3.46. The Hall–Kier alpha value is -0.120. The highest BCUT2D eigenvalue weighted by Gasteiger charge is 2.31. The molecule has 0 aliphatic carbocycles. The Bertz CT molecular complexity index is 244. The summed E-state index contributed by atoms with van der Waals surface area (Å²) in [4.78, 5) is 5.44. The third-order valence-corrected chi connectivity index (χ3v) is 4.85. The Labute approximate surface area is 113 Å². The largest absolute Gasteiger partial charge is 0.313 e. The van der Waals surface area contributed by atoms with Crippen LogP contribution in [-0.2, 0) is 0 Å². The van der Waals surface area contributed by atoms with Gasteiger partial charge in [-0.25, -0.2) is 0 Å². The van der Waals surface area contributed by atoms with E-state index in [0.29, 0.717) is 12.1 Å². The summed E-state index contributed by atoms with van der Waals surface area (Å²) in [5, 5.41) is 3.65. The zero-order valence-corrected chi connectivity index (χ0v) is 12.5. The lowest BCUT2D eigenvalue weighted by Gasteiger charge is -2.34. The van der Waals surface area contributed by atoms with Crippen molar-refractivity contribution in [2.75, 3.05) is 32.7 Å². The molecule has 3 atom stereocenters. The van der Waals surface area contributed by atoms with Gasteiger partial charge in [0.15, 0.2) is 0 Å². The van der Waals surface area contributed by atoms with Crippen LogP contribution >= 0.6 is 0 Å². The molecule has 3 nitrogen and oxygen atoms in total. The van der Waals surface area contributed by atoms with Crippen molar-refractivity contribution in [3.05, 3.63) is 0 Å². The third kappa shape index (κ3) is 3.46. The Morgan fingerprint density at radius 3 is 2.72 bits per heavy atom. The lowest BCUT2D eigenvalue weighted by molar-refractivity contribution is 0.157. The highest BCUT2D eigenvalue weighted by atomic mass is 15.3. The van der Waals surface area contributed by atoms with Crippen molar-refractivity contribution in [3.8, 4) is 0 Å². The van der Waals surface area contributed by atoms with Crippen molar-refractivity contribution in [1.82, 2.24) is 15.1 Å². The summed E-state index contributed by atoms with van der Waals surface area (Å²) in [5.41, 5.74) is 0. The maximum atomic E-state index is 3.65. The van der Waals surface area contributed by atoms with Gasteiger partial charge >= 0.3 is 0 Å². The topological polar surface area (TPSA) is 18.5 Å². The molecule has 0 radical (unpaired) electrons. The monoisotopic (exact) mass is 253 g/mol. The van der Waals surface area contributed by atoms with Gasteiger partial charge in [-0.15, -0.1) is 0 Å². The van der Waals surface area contributed by atoms with Gasteiger partial charge in [0.2, 0.25) is 0 Å². The maximum absolute atomic E-state index is 3.65. The Morgan fingerprint density at radius 1 is 1.17 bits per heavy atom. The molecule has 2 rings (SSSR count). The van der Waals surface area contributed by atoms with Crippen LogP contribution in [0.3, 0.4) is 0 Å². The first-order valence-corrected chi connectivity index (χ1v) is 7.94. The molecule has 3 heteroatoms. The molecule has 0 spiro atoms. The zero-order chi connectivity index (χ0) is 13.0. The van der Waals surface area contributed by atoms with E-state index in [0.717, 1.165) is 12.6 Å². The normalized spacial score (nSPS) is 29.8. The molecule has 2 heterocycles. The molecular formula is C15H31N3. The van der Waals surface area contributed by atoms with Crippen LogP contribution in [0.4, 0.5) is 0 Å². The summed E-state index contributed by atoms with van der Waals surface area (Å²) < 4.78 is 0. The van der Waals surface area contributed by atoms with Crippen LogP contribution in [0, 0.1) is 0 Å². The van der Waals surface area contributed by atoms with Crippen LogP contribution in [0.2, 0.25) is 0 Å². The van der Waals surface area contributed by atoms with Gasteiger partial charge in [-0.1, -0.05) is 6.92 Å². The van der Waals surface area contributed by atoms with Crippen molar-refractivity contribution in [1.29, 1.82) is 0 Å². The number of hydrogen-bond acceptors (Lipinski definition) is 3. The molecule has 2 aliphatic heterocycles. The van der Waals surface area contributed by atoms with Crippen LogP contribution in [0.25, 0.3) is 0 Å². The molecule has 2 saturated heterocycles. The quantitative estimate of drug-likeness (QED) is 0.808. The second-order valence-corrected chi connectivity index (χ2v) is 6.16. The summed E-state index contributed by atoms with van der Waals surface area (Å²) in [6.45, 7) is 13.4. The molecule has 0 bridgehead atoms. The molecule has 0 amide bonds. The summed E-state index contributed by atoms with van der Waals surface area (Å²) in [6.07, 6.45) is 5.41. The van der Waals surface area contributed by atoms with E-state index in [-0.39, 0.29) is 0 Å². The predicted molar refractivity (Wildman–Crippen MR) is 78.0 cm³/mol. The Balaban J connectivity index is 1.86. The lowest BCUT2D eigenvalue weighted by atomic mass is 10.1. The van der Waals surface area contributed by atoms with Crippen LogP contribution in [0.1, 0.15) is 46.5 Å². The average molecular weight is 253 g/mol. The standard InChI is InChI=1S/C15H31N3/c1-4-8-16-13(2)14(3)18-11-6-10-17-9-5-7-15(17)12-18/h13-16H,4-12H2,1-3H3. The van der Waals surface area contributed by atoms with Gasteiger partial charge in [-0.2, -0.15) is 0 Å². The first kappa shape index (κ1) is 14.3. The van der Waals surface area contributed by atoms with Crippen molar-refractivity contribution >= 4 is 0 Å². The SMILES string of the molecule is CCCNC(C)C(C)N1CCCN2CCCC2C1. The Kier molecular flexibility index (Phi) is 5.46. The van der Waals surface area contributed by atoms with Crippen molar-refractivity contribution in [3.63, 3.8) is 0 Å². The summed E-state index contributed by atoms with van der Waals surface area (Å²) in [5.74, 6) is 0. The second kappa shape index (κ2) is 6.88. The van der Waals surface area contributed by atoms with Gasteiger partial charge in [-0.05, 0) is 65.7 Å². The van der Waals surface area contributed by atoms with Gasteiger partial charge in [0, 0.05) is 24.7 Å². The Morgan fingerprint density at radius 2 is 1.94 bits per heavy atom. The molecule has 3 unspecified atom stereocenters. The molecule has 2 fully saturated rings. The van der Waals surface area contributed by atoms with E-state index >= 15 is 0 Å². The minimum absolute atomic E-state index is 0.609. The summed E-state index contributed by atoms with van der Waals surface area (Å²) in [7, 11) is 0. The minimum atomic E-state index is 0.609. The van der Waals surface area contributed by atoms with Crippen LogP contribution in [-0.4, -0.2) is 60.6 Å². The first-order valence-electron chi connectivity index (χ1n) is 7.94. The van der Waals surface area contributed by atoms with E-state index in [1.54, 1.807) is 0 Å². The molecule has 2 aliphatic rings. The van der Waals surface area contributed by atoms with E-state index in [1.165, 1.54) is 51.9 Å². The molecule has 0 aromatic heterocycles. The number of hydrogen-bond donors (Lipinski definition) is 1. The van der Waals surface area contributed by atoms with E-state index < -0.39 is 0 Å². The average Bonchev–Trinajstić information content (AvgIpc) is 2.72. The molecule has 0 aromatic carbocycles. The number of nitrogens with zero attached hydrogens (tertiary/aromatic N) is 2. The summed E-state index contributed by atoms with van der Waals surface area (Å²) >= 11 is 0. The summed E-state index contributed by atoms with van der Waals surface area (Å²) in [6, 6.07) is 2.11. The highest BCUT2D eigenvalue weighted by Crippen LogP contribution is 2.22. The first-order chi connectivity index (χ1) is 8.72. The smallest absolute Gasteiger partial charge is 0.0223 e. The van der Waals surface area contributed by atoms with Crippen LogP contribution < -0.4 is 5.32 Å². The number of fused-ring (bicyclic) bond motifs is 1. The molecule has 18 heavy (non-hydrogen) atoms. The van der Waals surface area contributed by atoms with Crippen LogP contribution in [0.5, 0.6) is 0 Å². The van der Waals surface area contributed by atoms with Gasteiger partial charge < -0.3 is 5.32 Å². The van der Waals surface area contributed by atoms with Crippen molar-refractivity contribution < 1.29 is 0 Å². The van der Waals surface area contributed by atoms with Gasteiger partial charge in [0.1, 0.15) is 0 Å².